The fraction of sp³-hybridized carbons (Fsp3) is 0.889. The fourth-order valence-electron chi connectivity index (χ4n) is 2.61. The van der Waals surface area contributed by atoms with E-state index in [1.54, 1.807) is 0 Å². The highest BCUT2D eigenvalue weighted by Gasteiger charge is 2.13. The van der Waals surface area contributed by atoms with Gasteiger partial charge in [-0.25, -0.2) is 0 Å². The summed E-state index contributed by atoms with van der Waals surface area (Å²) in [5.74, 6) is -0.177. The van der Waals surface area contributed by atoms with E-state index in [0.29, 0.717) is 12.2 Å². The van der Waals surface area contributed by atoms with Crippen LogP contribution in [0.5, 0.6) is 0 Å². The zero-order valence-electron chi connectivity index (χ0n) is 15.1. The number of carboxylic acids is 1. The molecule has 0 rings (SSSR count). The van der Waals surface area contributed by atoms with Crippen molar-refractivity contribution < 1.29 is 20.4 Å². The molecule has 0 fully saturated rings. The number of unbranched alkanes of at least 4 members (excludes halogenated alkanes) is 11. The summed E-state index contributed by atoms with van der Waals surface area (Å²) in [6.07, 6.45) is 14.5. The lowest BCUT2D eigenvalue weighted by molar-refractivity contribution is -0.396. The predicted molar refractivity (Wildman–Crippen MR) is 101 cm³/mol. The van der Waals surface area contributed by atoms with E-state index in [9.17, 15) is 9.59 Å². The van der Waals surface area contributed by atoms with Gasteiger partial charge in [0, 0.05) is 13.0 Å². The normalized spacial score (nSPS) is 12.1. The van der Waals surface area contributed by atoms with Gasteiger partial charge in [0.1, 0.15) is 0 Å². The molecule has 0 saturated heterocycles. The van der Waals surface area contributed by atoms with Crippen molar-refractivity contribution in [1.82, 2.24) is 5.32 Å². The van der Waals surface area contributed by atoms with Crippen LogP contribution in [0.4, 0.5) is 0 Å². The zero-order chi connectivity index (χ0) is 18.0. The Morgan fingerprint density at radius 2 is 1.25 bits per heavy atom. The molecule has 24 heavy (non-hydrogen) atoms. The average molecular weight is 362 g/mol. The Morgan fingerprint density at radius 3 is 1.67 bits per heavy atom. The SMILES string of the molecule is [NH3+]C(CS)C(=O)NCCCCCCCCCCCCCCC(=O)O. The van der Waals surface area contributed by atoms with Crippen molar-refractivity contribution in [3.05, 3.63) is 0 Å². The molecule has 0 aliphatic heterocycles. The average Bonchev–Trinajstić information content (AvgIpc) is 2.57. The van der Waals surface area contributed by atoms with Crippen molar-refractivity contribution in [3.63, 3.8) is 0 Å². The van der Waals surface area contributed by atoms with Crippen molar-refractivity contribution >= 4 is 24.5 Å². The molecule has 0 aliphatic rings. The third-order valence-electron chi connectivity index (χ3n) is 4.21. The maximum absolute atomic E-state index is 11.5. The smallest absolute Gasteiger partial charge is 0.303 e. The molecule has 1 atom stereocenters. The van der Waals surface area contributed by atoms with Crippen LogP contribution < -0.4 is 11.1 Å². The maximum Gasteiger partial charge on any atom is 0.303 e. The molecule has 1 unspecified atom stereocenters. The van der Waals surface area contributed by atoms with Crippen LogP contribution in [0.3, 0.4) is 0 Å². The number of aliphatic carboxylic acids is 1. The number of carboxylic acid groups (broad SMARTS) is 1. The first-order valence-corrected chi connectivity index (χ1v) is 10.1. The maximum atomic E-state index is 11.5. The van der Waals surface area contributed by atoms with Gasteiger partial charge in [0.25, 0.3) is 5.91 Å². The van der Waals surface area contributed by atoms with E-state index in [0.717, 1.165) is 25.8 Å². The number of carbonyl (C=O) groups excluding carboxylic acids is 1. The van der Waals surface area contributed by atoms with Crippen molar-refractivity contribution in [2.24, 2.45) is 0 Å². The van der Waals surface area contributed by atoms with Crippen LogP contribution in [-0.4, -0.2) is 35.3 Å². The van der Waals surface area contributed by atoms with Gasteiger partial charge in [-0.15, -0.1) is 0 Å². The molecule has 0 aromatic carbocycles. The topological polar surface area (TPSA) is 94.0 Å². The highest BCUT2D eigenvalue weighted by Crippen LogP contribution is 2.12. The molecule has 0 aliphatic carbocycles. The van der Waals surface area contributed by atoms with Crippen LogP contribution in [0.25, 0.3) is 0 Å². The molecule has 0 bridgehead atoms. The first kappa shape index (κ1) is 23.2. The molecule has 142 valence electrons. The molecule has 6 heteroatoms. The molecule has 0 aromatic heterocycles. The van der Waals surface area contributed by atoms with E-state index < -0.39 is 5.97 Å². The van der Waals surface area contributed by atoms with Gasteiger partial charge in [-0.1, -0.05) is 64.2 Å². The minimum absolute atomic E-state index is 0.00737. The summed E-state index contributed by atoms with van der Waals surface area (Å²) in [6.45, 7) is 0.751. The highest BCUT2D eigenvalue weighted by molar-refractivity contribution is 7.80. The number of rotatable bonds is 17. The predicted octanol–water partition coefficient (Wildman–Crippen LogP) is 2.80. The van der Waals surface area contributed by atoms with Gasteiger partial charge < -0.3 is 16.2 Å². The Labute approximate surface area is 152 Å². The second kappa shape index (κ2) is 17.1. The third kappa shape index (κ3) is 16.1. The standard InChI is InChI=1S/C18H36N2O3S/c19-16(15-24)18(23)20-14-12-10-8-6-4-2-1-3-5-7-9-11-13-17(21)22/h16,24H,1-15,19H2,(H,20,23)(H,21,22)/p+1. The Bertz CT molecular complexity index is 327. The lowest BCUT2D eigenvalue weighted by Crippen LogP contribution is -2.68. The molecular weight excluding hydrogens is 324 g/mol. The first-order chi connectivity index (χ1) is 11.6. The largest absolute Gasteiger partial charge is 0.481 e. The lowest BCUT2D eigenvalue weighted by atomic mass is 10.0. The highest BCUT2D eigenvalue weighted by atomic mass is 32.1. The third-order valence-corrected chi connectivity index (χ3v) is 4.65. The van der Waals surface area contributed by atoms with Gasteiger partial charge in [-0.05, 0) is 12.8 Å². The second-order valence-corrected chi connectivity index (χ2v) is 6.92. The van der Waals surface area contributed by atoms with Crippen molar-refractivity contribution in [3.8, 4) is 0 Å². The van der Waals surface area contributed by atoms with Crippen molar-refractivity contribution in [2.45, 2.75) is 89.5 Å². The van der Waals surface area contributed by atoms with E-state index in [-0.39, 0.29) is 11.9 Å². The first-order valence-electron chi connectivity index (χ1n) is 9.51. The van der Waals surface area contributed by atoms with E-state index in [1.807, 2.05) is 0 Å². The quantitative estimate of drug-likeness (QED) is 0.237. The van der Waals surface area contributed by atoms with Gasteiger partial charge in [0.2, 0.25) is 0 Å². The molecule has 1 amide bonds. The summed E-state index contributed by atoms with van der Waals surface area (Å²) >= 11 is 4.06. The van der Waals surface area contributed by atoms with Crippen LogP contribution in [0.1, 0.15) is 83.5 Å². The van der Waals surface area contributed by atoms with Crippen molar-refractivity contribution in [1.29, 1.82) is 0 Å². The summed E-state index contributed by atoms with van der Waals surface area (Å²) < 4.78 is 0. The zero-order valence-corrected chi connectivity index (χ0v) is 16.0. The fourth-order valence-corrected chi connectivity index (χ4v) is 2.77. The van der Waals surface area contributed by atoms with E-state index in [1.165, 1.54) is 57.8 Å². The van der Waals surface area contributed by atoms with Crippen LogP contribution in [0, 0.1) is 0 Å². The van der Waals surface area contributed by atoms with Gasteiger partial charge >= 0.3 is 5.97 Å². The number of carbonyl (C=O) groups is 2. The number of thiol groups is 1. The molecule has 0 radical (unpaired) electrons. The number of amides is 1. The minimum Gasteiger partial charge on any atom is -0.481 e. The molecule has 0 aromatic rings. The van der Waals surface area contributed by atoms with E-state index in [4.69, 9.17) is 5.11 Å². The van der Waals surface area contributed by atoms with Crippen molar-refractivity contribution in [2.75, 3.05) is 12.3 Å². The summed E-state index contributed by atoms with van der Waals surface area (Å²) in [4.78, 5) is 21.8. The summed E-state index contributed by atoms with van der Waals surface area (Å²) in [5, 5.41) is 11.4. The molecular formula is C18H37N2O3S+. The molecule has 5 N–H and O–H groups in total. The summed E-state index contributed by atoms with van der Waals surface area (Å²) in [5.41, 5.74) is 3.74. The molecule has 5 nitrogen and oxygen atoms in total. The van der Waals surface area contributed by atoms with Gasteiger partial charge in [0.15, 0.2) is 6.04 Å². The Morgan fingerprint density at radius 1 is 0.833 bits per heavy atom. The monoisotopic (exact) mass is 361 g/mol. The number of hydrogen-bond donors (Lipinski definition) is 4. The van der Waals surface area contributed by atoms with Gasteiger partial charge in [0.05, 0.1) is 5.75 Å². The molecule has 0 spiro atoms. The van der Waals surface area contributed by atoms with Crippen LogP contribution in [-0.2, 0) is 9.59 Å². The van der Waals surface area contributed by atoms with E-state index in [2.05, 4.69) is 23.7 Å². The number of hydrogen-bond acceptors (Lipinski definition) is 3. The Kier molecular flexibility index (Phi) is 16.6. The Balaban J connectivity index is 3.13. The van der Waals surface area contributed by atoms with Crippen LogP contribution in [0.15, 0.2) is 0 Å². The summed E-state index contributed by atoms with van der Waals surface area (Å²) in [6, 6.07) is -0.245. The Hall–Kier alpha value is -0.750. The molecule has 0 saturated carbocycles. The number of nitrogens with one attached hydrogen (secondary N) is 1. The summed E-state index contributed by atoms with van der Waals surface area (Å²) in [7, 11) is 0. The molecule has 0 heterocycles. The number of quaternary nitrogens is 1. The van der Waals surface area contributed by atoms with Crippen LogP contribution in [0.2, 0.25) is 0 Å². The second-order valence-electron chi connectivity index (χ2n) is 6.56. The van der Waals surface area contributed by atoms with Gasteiger partial charge in [-0.3, -0.25) is 9.59 Å². The van der Waals surface area contributed by atoms with Gasteiger partial charge in [-0.2, -0.15) is 12.6 Å². The van der Waals surface area contributed by atoms with Crippen LogP contribution >= 0.6 is 12.6 Å². The lowest BCUT2D eigenvalue weighted by Gasteiger charge is -2.07. The minimum atomic E-state index is -0.679. The van der Waals surface area contributed by atoms with E-state index >= 15 is 0 Å².